The molecule has 1 unspecified atom stereocenters. The zero-order valence-corrected chi connectivity index (χ0v) is 9.62. The van der Waals surface area contributed by atoms with E-state index < -0.39 is 5.97 Å². The van der Waals surface area contributed by atoms with E-state index in [4.69, 9.17) is 0 Å². The predicted octanol–water partition coefficient (Wildman–Crippen LogP) is 0.987. The van der Waals surface area contributed by atoms with Gasteiger partial charge in [0, 0.05) is 11.4 Å². The molecule has 2 amide bonds. The molecule has 0 radical (unpaired) electrons. The number of carbonyl (C=O) groups excluding carboxylic acids is 2. The summed E-state index contributed by atoms with van der Waals surface area (Å²) in [5.41, 5.74) is 0. The Morgan fingerprint density at radius 3 is 3.19 bits per heavy atom. The van der Waals surface area contributed by atoms with Gasteiger partial charge in [-0.1, -0.05) is 6.07 Å². The first-order valence-corrected chi connectivity index (χ1v) is 5.74. The Bertz CT molecular complexity index is 391. The number of rotatable bonds is 3. The number of amides is 2. The lowest BCUT2D eigenvalue weighted by atomic mass is 10.2. The summed E-state index contributed by atoms with van der Waals surface area (Å²) in [6, 6.07) is 3.67. The minimum Gasteiger partial charge on any atom is -0.468 e. The largest absolute Gasteiger partial charge is 0.468 e. The highest BCUT2D eigenvalue weighted by atomic mass is 32.1. The standard InChI is InChI=1S/C10H12N2O3S/c1-15-9(13)6-12-5-7(11-10(12)14)8-3-2-4-16-8/h2-4,7H,5-6H2,1H3,(H,11,14). The van der Waals surface area contributed by atoms with Gasteiger partial charge in [-0.2, -0.15) is 0 Å². The van der Waals surface area contributed by atoms with Crippen LogP contribution in [0.15, 0.2) is 17.5 Å². The summed E-state index contributed by atoms with van der Waals surface area (Å²) in [5.74, 6) is -0.401. The van der Waals surface area contributed by atoms with Crippen molar-refractivity contribution < 1.29 is 14.3 Å². The molecule has 1 N–H and O–H groups in total. The number of esters is 1. The van der Waals surface area contributed by atoms with Crippen LogP contribution in [0.4, 0.5) is 4.79 Å². The first kappa shape index (κ1) is 10.9. The first-order valence-electron chi connectivity index (χ1n) is 4.86. The molecule has 0 spiro atoms. The lowest BCUT2D eigenvalue weighted by Gasteiger charge is -2.12. The highest BCUT2D eigenvalue weighted by Gasteiger charge is 2.31. The van der Waals surface area contributed by atoms with Crippen molar-refractivity contribution >= 4 is 23.3 Å². The Morgan fingerprint density at radius 2 is 2.56 bits per heavy atom. The third-order valence-electron chi connectivity index (χ3n) is 2.42. The lowest BCUT2D eigenvalue weighted by molar-refractivity contribution is -0.141. The summed E-state index contributed by atoms with van der Waals surface area (Å²) in [7, 11) is 1.31. The number of ether oxygens (including phenoxy) is 1. The van der Waals surface area contributed by atoms with Gasteiger partial charge in [-0.25, -0.2) is 4.79 Å². The van der Waals surface area contributed by atoms with Crippen LogP contribution in [0.5, 0.6) is 0 Å². The maximum Gasteiger partial charge on any atom is 0.325 e. The Morgan fingerprint density at radius 1 is 1.75 bits per heavy atom. The van der Waals surface area contributed by atoms with Gasteiger partial charge in [-0.15, -0.1) is 11.3 Å². The van der Waals surface area contributed by atoms with Crippen molar-refractivity contribution in [2.75, 3.05) is 20.2 Å². The summed E-state index contributed by atoms with van der Waals surface area (Å²) >= 11 is 1.59. The maximum atomic E-state index is 11.5. The van der Waals surface area contributed by atoms with Crippen LogP contribution in [0, 0.1) is 0 Å². The van der Waals surface area contributed by atoms with Gasteiger partial charge in [0.15, 0.2) is 0 Å². The van der Waals surface area contributed by atoms with E-state index >= 15 is 0 Å². The highest BCUT2D eigenvalue weighted by molar-refractivity contribution is 7.10. The molecule has 1 aromatic rings. The van der Waals surface area contributed by atoms with Gasteiger partial charge in [0.2, 0.25) is 0 Å². The Labute approximate surface area is 97.0 Å². The summed E-state index contributed by atoms with van der Waals surface area (Å²) < 4.78 is 4.53. The number of methoxy groups -OCH3 is 1. The summed E-state index contributed by atoms with van der Waals surface area (Å²) in [6.45, 7) is 0.513. The third kappa shape index (κ3) is 2.16. The molecule has 0 bridgehead atoms. The Hall–Kier alpha value is -1.56. The molecule has 1 aliphatic heterocycles. The van der Waals surface area contributed by atoms with E-state index in [-0.39, 0.29) is 18.6 Å². The van der Waals surface area contributed by atoms with Crippen LogP contribution in [-0.4, -0.2) is 37.1 Å². The minimum atomic E-state index is -0.401. The molecular formula is C10H12N2O3S. The summed E-state index contributed by atoms with van der Waals surface area (Å²) in [6.07, 6.45) is 0. The Kier molecular flexibility index (Phi) is 3.09. The summed E-state index contributed by atoms with van der Waals surface area (Å²) in [5, 5.41) is 4.79. The van der Waals surface area contributed by atoms with Crippen molar-refractivity contribution in [3.8, 4) is 0 Å². The maximum absolute atomic E-state index is 11.5. The molecule has 86 valence electrons. The van der Waals surface area contributed by atoms with Crippen LogP contribution in [0.3, 0.4) is 0 Å². The van der Waals surface area contributed by atoms with E-state index in [0.717, 1.165) is 4.88 Å². The van der Waals surface area contributed by atoms with E-state index in [1.54, 1.807) is 11.3 Å². The van der Waals surface area contributed by atoms with E-state index in [9.17, 15) is 9.59 Å². The van der Waals surface area contributed by atoms with E-state index in [2.05, 4.69) is 10.1 Å². The molecule has 0 saturated carbocycles. The molecule has 1 aliphatic rings. The average molecular weight is 240 g/mol. The molecule has 16 heavy (non-hydrogen) atoms. The van der Waals surface area contributed by atoms with Gasteiger partial charge in [0.1, 0.15) is 6.54 Å². The van der Waals surface area contributed by atoms with Gasteiger partial charge < -0.3 is 15.0 Å². The fourth-order valence-corrected chi connectivity index (χ4v) is 2.37. The molecule has 2 rings (SSSR count). The van der Waals surface area contributed by atoms with Crippen molar-refractivity contribution in [3.63, 3.8) is 0 Å². The second kappa shape index (κ2) is 4.52. The molecule has 0 aliphatic carbocycles. The molecule has 1 atom stereocenters. The van der Waals surface area contributed by atoms with Crippen molar-refractivity contribution in [1.29, 1.82) is 0 Å². The molecule has 1 aromatic heterocycles. The second-order valence-electron chi connectivity index (χ2n) is 3.47. The van der Waals surface area contributed by atoms with Crippen LogP contribution in [0.25, 0.3) is 0 Å². The normalized spacial score (nSPS) is 19.7. The lowest BCUT2D eigenvalue weighted by Crippen LogP contribution is -2.33. The van der Waals surface area contributed by atoms with Gasteiger partial charge in [-0.05, 0) is 11.4 Å². The average Bonchev–Trinajstić information content (AvgIpc) is 2.88. The van der Waals surface area contributed by atoms with E-state index in [0.29, 0.717) is 6.54 Å². The van der Waals surface area contributed by atoms with Crippen LogP contribution >= 0.6 is 11.3 Å². The van der Waals surface area contributed by atoms with Crippen molar-refractivity contribution in [2.24, 2.45) is 0 Å². The number of urea groups is 1. The van der Waals surface area contributed by atoms with Crippen molar-refractivity contribution in [2.45, 2.75) is 6.04 Å². The second-order valence-corrected chi connectivity index (χ2v) is 4.45. The van der Waals surface area contributed by atoms with Crippen LogP contribution in [0.1, 0.15) is 10.9 Å². The monoisotopic (exact) mass is 240 g/mol. The fraction of sp³-hybridized carbons (Fsp3) is 0.400. The zero-order valence-electron chi connectivity index (χ0n) is 8.80. The molecule has 5 nitrogen and oxygen atoms in total. The molecule has 0 aromatic carbocycles. The van der Waals surface area contributed by atoms with Crippen LogP contribution in [0.2, 0.25) is 0 Å². The van der Waals surface area contributed by atoms with Crippen molar-refractivity contribution in [1.82, 2.24) is 10.2 Å². The number of carbonyl (C=O) groups is 2. The van der Waals surface area contributed by atoms with Gasteiger partial charge in [0.25, 0.3) is 0 Å². The molecule has 1 saturated heterocycles. The topological polar surface area (TPSA) is 58.6 Å². The number of hydrogen-bond acceptors (Lipinski definition) is 4. The number of nitrogens with zero attached hydrogens (tertiary/aromatic N) is 1. The third-order valence-corrected chi connectivity index (χ3v) is 3.41. The quantitative estimate of drug-likeness (QED) is 0.801. The van der Waals surface area contributed by atoms with E-state index in [1.807, 2.05) is 17.5 Å². The molecule has 2 heterocycles. The van der Waals surface area contributed by atoms with Gasteiger partial charge in [-0.3, -0.25) is 4.79 Å². The Balaban J connectivity index is 1.99. The summed E-state index contributed by atoms with van der Waals surface area (Å²) in [4.78, 5) is 25.2. The predicted molar refractivity (Wildman–Crippen MR) is 59.2 cm³/mol. The van der Waals surface area contributed by atoms with E-state index in [1.165, 1.54) is 12.0 Å². The van der Waals surface area contributed by atoms with Crippen LogP contribution < -0.4 is 5.32 Å². The first-order chi connectivity index (χ1) is 7.70. The zero-order chi connectivity index (χ0) is 11.5. The van der Waals surface area contributed by atoms with Gasteiger partial charge >= 0.3 is 12.0 Å². The number of hydrogen-bond donors (Lipinski definition) is 1. The fourth-order valence-electron chi connectivity index (χ4n) is 1.60. The number of thiophene rings is 1. The molecule has 6 heteroatoms. The molecular weight excluding hydrogens is 228 g/mol. The van der Waals surface area contributed by atoms with Crippen molar-refractivity contribution in [3.05, 3.63) is 22.4 Å². The smallest absolute Gasteiger partial charge is 0.325 e. The van der Waals surface area contributed by atoms with Crippen LogP contribution in [-0.2, 0) is 9.53 Å². The molecule has 1 fully saturated rings. The van der Waals surface area contributed by atoms with Gasteiger partial charge in [0.05, 0.1) is 13.2 Å². The highest BCUT2D eigenvalue weighted by Crippen LogP contribution is 2.23. The SMILES string of the molecule is COC(=O)CN1CC(c2cccs2)NC1=O. The minimum absolute atomic E-state index is 0.00418. The number of nitrogens with one attached hydrogen (secondary N) is 1.